The van der Waals surface area contributed by atoms with Crippen LogP contribution in [0.4, 0.5) is 0 Å². The Morgan fingerprint density at radius 2 is 1.50 bits per heavy atom. The van der Waals surface area contributed by atoms with Gasteiger partial charge in [0.15, 0.2) is 5.82 Å². The average molecular weight is 365 g/mol. The molecule has 4 aromatic rings. The Balaban J connectivity index is 1.55. The number of hydrogen-bond donors (Lipinski definition) is 0. The Morgan fingerprint density at radius 3 is 2.32 bits per heavy atom. The number of aromatic nitrogens is 3. The van der Waals surface area contributed by atoms with Crippen LogP contribution in [0.15, 0.2) is 84.9 Å². The van der Waals surface area contributed by atoms with Crippen molar-refractivity contribution in [2.75, 3.05) is 0 Å². The van der Waals surface area contributed by atoms with Gasteiger partial charge in [0, 0.05) is 18.0 Å². The largest absolute Gasteiger partial charge is 0.310 e. The Morgan fingerprint density at radius 1 is 0.786 bits per heavy atom. The molecule has 1 atom stereocenters. The summed E-state index contributed by atoms with van der Waals surface area (Å²) in [7, 11) is 0. The summed E-state index contributed by atoms with van der Waals surface area (Å²) in [5, 5.41) is 9.33. The smallest absolute Gasteiger partial charge is 0.163 e. The topological polar surface area (TPSA) is 30.7 Å². The molecule has 0 amide bonds. The predicted octanol–water partition coefficient (Wildman–Crippen LogP) is 5.27. The van der Waals surface area contributed by atoms with Crippen molar-refractivity contribution in [1.82, 2.24) is 14.8 Å². The van der Waals surface area contributed by atoms with Crippen LogP contribution >= 0.6 is 0 Å². The molecule has 3 nitrogen and oxygen atoms in total. The highest BCUT2D eigenvalue weighted by Gasteiger charge is 2.29. The minimum absolute atomic E-state index is 0.330. The van der Waals surface area contributed by atoms with Crippen LogP contribution in [0.25, 0.3) is 11.4 Å². The Labute approximate surface area is 165 Å². The van der Waals surface area contributed by atoms with Crippen molar-refractivity contribution in [2.45, 2.75) is 31.7 Å². The summed E-state index contributed by atoms with van der Waals surface area (Å²) in [6.07, 6.45) is 3.20. The van der Waals surface area contributed by atoms with E-state index in [4.69, 9.17) is 5.10 Å². The minimum Gasteiger partial charge on any atom is -0.310 e. The molecule has 28 heavy (non-hydrogen) atoms. The van der Waals surface area contributed by atoms with Crippen molar-refractivity contribution in [2.24, 2.45) is 0 Å². The Bertz CT molecular complexity index is 1070. The summed E-state index contributed by atoms with van der Waals surface area (Å²) in [5.41, 5.74) is 5.33. The van der Waals surface area contributed by atoms with Crippen LogP contribution < -0.4 is 0 Å². The van der Waals surface area contributed by atoms with Gasteiger partial charge in [0.25, 0.3) is 0 Å². The SMILES string of the molecule is c1ccc(CCn2c(-c3ccccc3)nnc2C2CCc3ccccc32)cc1. The summed E-state index contributed by atoms with van der Waals surface area (Å²) >= 11 is 0. The molecular formula is C25H23N3. The quantitative estimate of drug-likeness (QED) is 0.483. The maximum atomic E-state index is 4.70. The standard InChI is InChI=1S/C25H23N3/c1-3-9-19(10-4-1)17-18-28-24(21-12-5-2-6-13-21)26-27-25(28)23-16-15-20-11-7-8-14-22(20)23/h1-14,23H,15-18H2. The van der Waals surface area contributed by atoms with E-state index in [2.05, 4.69) is 88.5 Å². The second-order valence-electron chi connectivity index (χ2n) is 7.43. The van der Waals surface area contributed by atoms with Crippen LogP contribution in [-0.2, 0) is 19.4 Å². The van der Waals surface area contributed by atoms with Crippen LogP contribution in [0.2, 0.25) is 0 Å². The lowest BCUT2D eigenvalue weighted by atomic mass is 10.0. The molecule has 0 bridgehead atoms. The van der Waals surface area contributed by atoms with Crippen LogP contribution in [0.3, 0.4) is 0 Å². The normalized spacial score (nSPS) is 15.5. The lowest BCUT2D eigenvalue weighted by molar-refractivity contribution is 0.614. The van der Waals surface area contributed by atoms with Crippen molar-refractivity contribution >= 4 is 0 Å². The summed E-state index contributed by atoms with van der Waals surface area (Å²) in [6.45, 7) is 0.884. The Kier molecular flexibility index (Phi) is 4.50. The number of fused-ring (bicyclic) bond motifs is 1. The van der Waals surface area contributed by atoms with Gasteiger partial charge in [-0.05, 0) is 36.0 Å². The molecule has 0 radical (unpaired) electrons. The molecule has 1 heterocycles. The molecule has 3 heteroatoms. The van der Waals surface area contributed by atoms with Gasteiger partial charge in [-0.1, -0.05) is 84.9 Å². The molecule has 1 aliphatic carbocycles. The zero-order valence-corrected chi connectivity index (χ0v) is 15.8. The highest BCUT2D eigenvalue weighted by molar-refractivity contribution is 5.55. The van der Waals surface area contributed by atoms with Crippen LogP contribution in [-0.4, -0.2) is 14.8 Å². The zero-order chi connectivity index (χ0) is 18.8. The van der Waals surface area contributed by atoms with Gasteiger partial charge >= 0.3 is 0 Å². The summed E-state index contributed by atoms with van der Waals surface area (Å²) < 4.78 is 2.34. The summed E-state index contributed by atoms with van der Waals surface area (Å²) in [5.74, 6) is 2.40. The van der Waals surface area contributed by atoms with Crippen molar-refractivity contribution in [3.63, 3.8) is 0 Å². The maximum absolute atomic E-state index is 4.70. The number of aryl methyl sites for hydroxylation is 2. The van der Waals surface area contributed by atoms with Gasteiger partial charge in [-0.15, -0.1) is 10.2 Å². The molecule has 0 saturated carbocycles. The minimum atomic E-state index is 0.330. The second-order valence-corrected chi connectivity index (χ2v) is 7.43. The van der Waals surface area contributed by atoms with Gasteiger partial charge in [0.05, 0.1) is 0 Å². The van der Waals surface area contributed by atoms with E-state index in [0.29, 0.717) is 5.92 Å². The van der Waals surface area contributed by atoms with Gasteiger partial charge in [-0.2, -0.15) is 0 Å². The van der Waals surface area contributed by atoms with Gasteiger partial charge < -0.3 is 4.57 Å². The third-order valence-electron chi connectivity index (χ3n) is 5.72. The first-order valence-corrected chi connectivity index (χ1v) is 10.0. The molecule has 0 fully saturated rings. The molecule has 0 aliphatic heterocycles. The maximum Gasteiger partial charge on any atom is 0.163 e. The van der Waals surface area contributed by atoms with Crippen molar-refractivity contribution in [1.29, 1.82) is 0 Å². The second kappa shape index (κ2) is 7.43. The van der Waals surface area contributed by atoms with Crippen molar-refractivity contribution < 1.29 is 0 Å². The molecule has 0 saturated heterocycles. The number of hydrogen-bond acceptors (Lipinski definition) is 2. The highest BCUT2D eigenvalue weighted by Crippen LogP contribution is 2.38. The monoisotopic (exact) mass is 365 g/mol. The third kappa shape index (κ3) is 3.13. The lowest BCUT2D eigenvalue weighted by Crippen LogP contribution is -2.11. The Hall–Kier alpha value is -3.20. The fourth-order valence-electron chi connectivity index (χ4n) is 4.31. The molecule has 0 spiro atoms. The van der Waals surface area contributed by atoms with Gasteiger partial charge in [0.1, 0.15) is 5.82 Å². The van der Waals surface area contributed by atoms with E-state index in [-0.39, 0.29) is 0 Å². The number of rotatable bonds is 5. The van der Waals surface area contributed by atoms with E-state index in [1.54, 1.807) is 0 Å². The van der Waals surface area contributed by atoms with E-state index >= 15 is 0 Å². The number of nitrogens with zero attached hydrogens (tertiary/aromatic N) is 3. The molecule has 3 aromatic carbocycles. The first-order chi connectivity index (χ1) is 13.9. The fraction of sp³-hybridized carbons (Fsp3) is 0.200. The summed E-state index contributed by atoms with van der Waals surface area (Å²) in [4.78, 5) is 0. The number of benzene rings is 3. The van der Waals surface area contributed by atoms with Crippen LogP contribution in [0.1, 0.15) is 34.9 Å². The zero-order valence-electron chi connectivity index (χ0n) is 15.8. The van der Waals surface area contributed by atoms with Crippen molar-refractivity contribution in [3.05, 3.63) is 107 Å². The lowest BCUT2D eigenvalue weighted by Gasteiger charge is -2.15. The fourth-order valence-corrected chi connectivity index (χ4v) is 4.31. The van der Waals surface area contributed by atoms with E-state index in [1.165, 1.54) is 16.7 Å². The molecule has 5 rings (SSSR count). The van der Waals surface area contributed by atoms with Gasteiger partial charge in [-0.3, -0.25) is 0 Å². The van der Waals surface area contributed by atoms with Gasteiger partial charge in [-0.25, -0.2) is 0 Å². The van der Waals surface area contributed by atoms with Gasteiger partial charge in [0.2, 0.25) is 0 Å². The van der Waals surface area contributed by atoms with E-state index in [1.807, 2.05) is 6.07 Å². The molecule has 1 aromatic heterocycles. The molecule has 0 N–H and O–H groups in total. The van der Waals surface area contributed by atoms with E-state index in [0.717, 1.165) is 43.0 Å². The van der Waals surface area contributed by atoms with Crippen molar-refractivity contribution in [3.8, 4) is 11.4 Å². The third-order valence-corrected chi connectivity index (χ3v) is 5.72. The highest BCUT2D eigenvalue weighted by atomic mass is 15.3. The first-order valence-electron chi connectivity index (χ1n) is 10.0. The molecule has 1 unspecified atom stereocenters. The molecule has 138 valence electrons. The van der Waals surface area contributed by atoms with E-state index < -0.39 is 0 Å². The first kappa shape index (κ1) is 16.9. The van der Waals surface area contributed by atoms with E-state index in [9.17, 15) is 0 Å². The molecular weight excluding hydrogens is 342 g/mol. The van der Waals surface area contributed by atoms with Crippen LogP contribution in [0.5, 0.6) is 0 Å². The summed E-state index contributed by atoms with van der Waals surface area (Å²) in [6, 6.07) is 29.9. The van der Waals surface area contributed by atoms with Crippen LogP contribution in [0, 0.1) is 0 Å². The molecule has 1 aliphatic rings. The average Bonchev–Trinajstić information content (AvgIpc) is 3.37. The predicted molar refractivity (Wildman–Crippen MR) is 112 cm³/mol.